The lowest BCUT2D eigenvalue weighted by Gasteiger charge is -2.19. The lowest BCUT2D eigenvalue weighted by molar-refractivity contribution is 0.0924. The van der Waals surface area contributed by atoms with E-state index >= 15 is 0 Å². The standard InChI is InChI=1S/C25H22N2O3/c1-25(2,3)17-11-9-16(10-12-17)22(28)26-18-13-14-20-21(15-18)24(30)27(23(20)29)19-7-5-4-6-8-19/h4-15H,1-3H3,(H,26,28). The van der Waals surface area contributed by atoms with Crippen molar-refractivity contribution in [3.8, 4) is 0 Å². The van der Waals surface area contributed by atoms with E-state index in [1.165, 1.54) is 0 Å². The molecular formula is C25H22N2O3. The first kappa shape index (κ1) is 19.6. The van der Waals surface area contributed by atoms with Crippen molar-refractivity contribution in [2.75, 3.05) is 10.2 Å². The van der Waals surface area contributed by atoms with E-state index in [0.717, 1.165) is 10.5 Å². The molecule has 5 nitrogen and oxygen atoms in total. The number of carbonyl (C=O) groups is 3. The highest BCUT2D eigenvalue weighted by atomic mass is 16.2. The molecule has 0 fully saturated rings. The summed E-state index contributed by atoms with van der Waals surface area (Å²) in [6.07, 6.45) is 0. The molecule has 1 aliphatic rings. The highest BCUT2D eigenvalue weighted by Gasteiger charge is 2.36. The van der Waals surface area contributed by atoms with Crippen molar-refractivity contribution in [3.05, 3.63) is 95.1 Å². The fourth-order valence-electron chi connectivity index (χ4n) is 3.46. The van der Waals surface area contributed by atoms with Crippen LogP contribution in [0, 0.1) is 0 Å². The van der Waals surface area contributed by atoms with Gasteiger partial charge in [0, 0.05) is 11.3 Å². The van der Waals surface area contributed by atoms with Crippen LogP contribution in [0.5, 0.6) is 0 Å². The van der Waals surface area contributed by atoms with Crippen molar-refractivity contribution >= 4 is 29.1 Å². The molecule has 1 N–H and O–H groups in total. The first-order chi connectivity index (χ1) is 14.3. The first-order valence-electron chi connectivity index (χ1n) is 9.75. The van der Waals surface area contributed by atoms with Gasteiger partial charge in [0.05, 0.1) is 16.8 Å². The number of hydrogen-bond donors (Lipinski definition) is 1. The number of nitrogens with one attached hydrogen (secondary N) is 1. The van der Waals surface area contributed by atoms with Gasteiger partial charge in [-0.25, -0.2) is 4.90 Å². The number of rotatable bonds is 3. The topological polar surface area (TPSA) is 66.5 Å². The molecule has 30 heavy (non-hydrogen) atoms. The van der Waals surface area contributed by atoms with Crippen LogP contribution in [0.25, 0.3) is 0 Å². The molecule has 3 amide bonds. The lowest BCUT2D eigenvalue weighted by Crippen LogP contribution is -2.29. The third-order valence-corrected chi connectivity index (χ3v) is 5.17. The molecule has 0 saturated heterocycles. The summed E-state index contributed by atoms with van der Waals surface area (Å²) >= 11 is 0. The van der Waals surface area contributed by atoms with Crippen molar-refractivity contribution < 1.29 is 14.4 Å². The number of imide groups is 1. The van der Waals surface area contributed by atoms with Crippen LogP contribution in [-0.2, 0) is 5.41 Å². The Bertz CT molecular complexity index is 1140. The highest BCUT2D eigenvalue weighted by molar-refractivity contribution is 6.34. The van der Waals surface area contributed by atoms with Gasteiger partial charge in [0.1, 0.15) is 0 Å². The molecule has 5 heteroatoms. The predicted octanol–water partition coefficient (Wildman–Crippen LogP) is 5.04. The molecule has 0 aliphatic carbocycles. The van der Waals surface area contributed by atoms with Crippen LogP contribution in [-0.4, -0.2) is 17.7 Å². The van der Waals surface area contributed by atoms with E-state index in [1.54, 1.807) is 54.6 Å². The molecule has 0 bridgehead atoms. The Morgan fingerprint density at radius 3 is 2.07 bits per heavy atom. The van der Waals surface area contributed by atoms with Crippen molar-refractivity contribution in [2.24, 2.45) is 0 Å². The predicted molar refractivity (Wildman–Crippen MR) is 117 cm³/mol. The van der Waals surface area contributed by atoms with Crippen LogP contribution in [0.2, 0.25) is 0 Å². The molecule has 3 aromatic rings. The Morgan fingerprint density at radius 1 is 0.800 bits per heavy atom. The zero-order valence-electron chi connectivity index (χ0n) is 17.1. The second-order valence-electron chi connectivity index (χ2n) is 8.32. The van der Waals surface area contributed by atoms with E-state index in [-0.39, 0.29) is 22.8 Å². The average Bonchev–Trinajstić information content (AvgIpc) is 2.98. The fourth-order valence-corrected chi connectivity index (χ4v) is 3.46. The van der Waals surface area contributed by atoms with Crippen LogP contribution in [0.4, 0.5) is 11.4 Å². The van der Waals surface area contributed by atoms with Crippen LogP contribution in [0.1, 0.15) is 57.4 Å². The first-order valence-corrected chi connectivity index (χ1v) is 9.75. The minimum Gasteiger partial charge on any atom is -0.322 e. The summed E-state index contributed by atoms with van der Waals surface area (Å²) in [4.78, 5) is 39.3. The van der Waals surface area contributed by atoms with Gasteiger partial charge in [-0.3, -0.25) is 14.4 Å². The molecule has 1 heterocycles. The van der Waals surface area contributed by atoms with Gasteiger partial charge >= 0.3 is 0 Å². The molecule has 4 rings (SSSR count). The fraction of sp³-hybridized carbons (Fsp3) is 0.160. The third-order valence-electron chi connectivity index (χ3n) is 5.17. The van der Waals surface area contributed by atoms with Crippen LogP contribution >= 0.6 is 0 Å². The summed E-state index contributed by atoms with van der Waals surface area (Å²) < 4.78 is 0. The van der Waals surface area contributed by atoms with Crippen LogP contribution < -0.4 is 10.2 Å². The van der Waals surface area contributed by atoms with E-state index in [9.17, 15) is 14.4 Å². The second-order valence-corrected chi connectivity index (χ2v) is 8.32. The molecule has 0 unspecified atom stereocenters. The maximum absolute atomic E-state index is 12.8. The van der Waals surface area contributed by atoms with Crippen molar-refractivity contribution in [3.63, 3.8) is 0 Å². The van der Waals surface area contributed by atoms with Gasteiger partial charge in [0.25, 0.3) is 17.7 Å². The number of anilines is 2. The monoisotopic (exact) mass is 398 g/mol. The molecule has 3 aromatic carbocycles. The molecule has 0 saturated carbocycles. The summed E-state index contributed by atoms with van der Waals surface area (Å²) in [6.45, 7) is 6.34. The molecule has 0 aromatic heterocycles. The Kier molecular flexibility index (Phi) is 4.74. The van der Waals surface area contributed by atoms with Gasteiger partial charge in [-0.15, -0.1) is 0 Å². The number of amides is 3. The van der Waals surface area contributed by atoms with Crippen molar-refractivity contribution in [1.29, 1.82) is 0 Å². The maximum atomic E-state index is 12.8. The minimum absolute atomic E-state index is 0.00647. The Hall–Kier alpha value is -3.73. The highest BCUT2D eigenvalue weighted by Crippen LogP contribution is 2.30. The Balaban J connectivity index is 1.56. The summed E-state index contributed by atoms with van der Waals surface area (Å²) in [5, 5.41) is 2.82. The van der Waals surface area contributed by atoms with E-state index in [1.807, 2.05) is 18.2 Å². The van der Waals surface area contributed by atoms with Crippen LogP contribution in [0.3, 0.4) is 0 Å². The number of carbonyl (C=O) groups excluding carboxylic acids is 3. The number of hydrogen-bond acceptors (Lipinski definition) is 3. The summed E-state index contributed by atoms with van der Waals surface area (Å²) in [6, 6.07) is 21.0. The molecule has 0 spiro atoms. The maximum Gasteiger partial charge on any atom is 0.266 e. The van der Waals surface area contributed by atoms with Gasteiger partial charge in [-0.2, -0.15) is 0 Å². The van der Waals surface area contributed by atoms with Crippen molar-refractivity contribution in [1.82, 2.24) is 0 Å². The Morgan fingerprint density at radius 2 is 1.43 bits per heavy atom. The van der Waals surface area contributed by atoms with Gasteiger partial charge in [0.15, 0.2) is 0 Å². The third kappa shape index (κ3) is 3.50. The summed E-state index contributed by atoms with van der Waals surface area (Å²) in [7, 11) is 0. The van der Waals surface area contributed by atoms with Crippen molar-refractivity contribution in [2.45, 2.75) is 26.2 Å². The van der Waals surface area contributed by atoms with Gasteiger partial charge in [0.2, 0.25) is 0 Å². The van der Waals surface area contributed by atoms with Gasteiger partial charge in [-0.1, -0.05) is 51.1 Å². The summed E-state index contributed by atoms with van der Waals surface area (Å²) in [5.41, 5.74) is 3.27. The molecule has 150 valence electrons. The summed E-state index contributed by atoms with van der Waals surface area (Å²) in [5.74, 6) is -1.03. The van der Waals surface area contributed by atoms with Crippen LogP contribution in [0.15, 0.2) is 72.8 Å². The number of nitrogens with zero attached hydrogens (tertiary/aromatic N) is 1. The number of fused-ring (bicyclic) bond motifs is 1. The SMILES string of the molecule is CC(C)(C)c1ccc(C(=O)Nc2ccc3c(c2)C(=O)N(c2ccccc2)C3=O)cc1. The molecular weight excluding hydrogens is 376 g/mol. The largest absolute Gasteiger partial charge is 0.322 e. The van der Waals surface area contributed by atoms with E-state index < -0.39 is 5.91 Å². The van der Waals surface area contributed by atoms with Gasteiger partial charge in [-0.05, 0) is 53.4 Å². The van der Waals surface area contributed by atoms with E-state index in [4.69, 9.17) is 0 Å². The molecule has 0 radical (unpaired) electrons. The molecule has 1 aliphatic heterocycles. The minimum atomic E-state index is -0.396. The quantitative estimate of drug-likeness (QED) is 0.629. The van der Waals surface area contributed by atoms with Gasteiger partial charge < -0.3 is 5.32 Å². The zero-order valence-corrected chi connectivity index (χ0v) is 17.1. The second kappa shape index (κ2) is 7.26. The Labute approximate surface area is 175 Å². The lowest BCUT2D eigenvalue weighted by atomic mass is 9.87. The average molecular weight is 398 g/mol. The number of para-hydroxylation sites is 1. The number of benzene rings is 3. The zero-order chi connectivity index (χ0) is 21.5. The van der Waals surface area contributed by atoms with E-state index in [0.29, 0.717) is 22.5 Å². The smallest absolute Gasteiger partial charge is 0.266 e. The van der Waals surface area contributed by atoms with E-state index in [2.05, 4.69) is 26.1 Å². The normalized spacial score (nSPS) is 13.4. The molecule has 0 atom stereocenters.